The Labute approximate surface area is 184 Å². The summed E-state index contributed by atoms with van der Waals surface area (Å²) in [6.45, 7) is 0.203. The number of carbonyl (C=O) groups excluding carboxylic acids is 1. The van der Waals surface area contributed by atoms with E-state index in [0.29, 0.717) is 17.1 Å². The average molecular weight is 479 g/mol. The molecule has 32 heavy (non-hydrogen) atoms. The molecule has 2 aromatic carbocycles. The number of methoxy groups -OCH3 is 2. The molecule has 0 radical (unpaired) electrons. The van der Waals surface area contributed by atoms with Crippen molar-refractivity contribution in [3.63, 3.8) is 0 Å². The third kappa shape index (κ3) is 6.33. The summed E-state index contributed by atoms with van der Waals surface area (Å²) < 4.78 is 76.5. The highest BCUT2D eigenvalue weighted by atomic mass is 32.1. The van der Waals surface area contributed by atoms with Gasteiger partial charge in [0.1, 0.15) is 17.2 Å². The van der Waals surface area contributed by atoms with Crippen molar-refractivity contribution in [2.45, 2.75) is 18.8 Å². The van der Waals surface area contributed by atoms with Crippen LogP contribution in [0.4, 0.5) is 22.0 Å². The minimum absolute atomic E-state index is 0.0380. The van der Waals surface area contributed by atoms with E-state index in [1.807, 2.05) is 0 Å². The molecule has 0 aliphatic carbocycles. The smallest absolute Gasteiger partial charge is 0.496 e. The van der Waals surface area contributed by atoms with Crippen LogP contribution in [0.2, 0.25) is 0 Å². The second-order valence-electron chi connectivity index (χ2n) is 6.04. The highest BCUT2D eigenvalue weighted by Crippen LogP contribution is 2.37. The van der Waals surface area contributed by atoms with Crippen molar-refractivity contribution < 1.29 is 41.0 Å². The summed E-state index contributed by atoms with van der Waals surface area (Å²) in [4.78, 5) is 12.1. The Morgan fingerprint density at radius 1 is 0.938 bits per heavy atom. The second-order valence-corrected chi connectivity index (χ2v) is 6.45. The van der Waals surface area contributed by atoms with Gasteiger partial charge in [-0.1, -0.05) is 6.07 Å². The minimum Gasteiger partial charge on any atom is -0.496 e. The Balaban J connectivity index is 1.90. The number of alkyl halides is 5. The topological polar surface area (TPSA) is 80.9 Å². The van der Waals surface area contributed by atoms with Crippen LogP contribution in [0.15, 0.2) is 42.5 Å². The summed E-state index contributed by atoms with van der Waals surface area (Å²) in [6, 6.07) is 8.84. The van der Waals surface area contributed by atoms with E-state index in [2.05, 4.69) is 20.9 Å². The predicted molar refractivity (Wildman–Crippen MR) is 108 cm³/mol. The largest absolute Gasteiger partial charge is 0.499 e. The van der Waals surface area contributed by atoms with Gasteiger partial charge in [-0.15, -0.1) is 0 Å². The molecule has 0 aromatic heterocycles. The molecule has 0 atom stereocenters. The quantitative estimate of drug-likeness (QED) is 0.319. The number of nitrogens with one attached hydrogen (secondary N) is 3. The van der Waals surface area contributed by atoms with Gasteiger partial charge in [-0.2, -0.15) is 22.0 Å². The first-order chi connectivity index (χ1) is 15.0. The average Bonchev–Trinajstić information content (AvgIpc) is 2.75. The number of rotatable bonds is 7. The lowest BCUT2D eigenvalue weighted by Crippen LogP contribution is -2.46. The Bertz CT molecular complexity index is 933. The fraction of sp³-hybridized carbons (Fsp3) is 0.263. The van der Waals surface area contributed by atoms with Crippen molar-refractivity contribution in [3.8, 4) is 17.2 Å². The Hall–Kier alpha value is -3.35. The van der Waals surface area contributed by atoms with Crippen molar-refractivity contribution in [1.82, 2.24) is 16.2 Å². The molecule has 0 unspecified atom stereocenters. The van der Waals surface area contributed by atoms with Gasteiger partial charge < -0.3 is 19.5 Å². The molecule has 2 rings (SSSR count). The number of benzene rings is 2. The first kappa shape index (κ1) is 24.9. The van der Waals surface area contributed by atoms with Crippen LogP contribution in [0.1, 0.15) is 15.9 Å². The van der Waals surface area contributed by atoms with Gasteiger partial charge in [0.25, 0.3) is 5.91 Å². The highest BCUT2D eigenvalue weighted by molar-refractivity contribution is 7.80. The fourth-order valence-corrected chi connectivity index (χ4v) is 2.50. The summed E-state index contributed by atoms with van der Waals surface area (Å²) >= 11 is 5.07. The van der Waals surface area contributed by atoms with Gasteiger partial charge in [0.2, 0.25) is 0 Å². The molecular weight excluding hydrogens is 461 g/mol. The van der Waals surface area contributed by atoms with E-state index in [9.17, 15) is 26.7 Å². The van der Waals surface area contributed by atoms with Gasteiger partial charge in [-0.05, 0) is 48.6 Å². The molecule has 0 heterocycles. The second kappa shape index (κ2) is 10.3. The molecule has 3 N–H and O–H groups in total. The summed E-state index contributed by atoms with van der Waals surface area (Å²) in [5.41, 5.74) is 5.33. The maximum Gasteiger partial charge on any atom is 0.499 e. The number of hydrogen-bond acceptors (Lipinski definition) is 5. The first-order valence-electron chi connectivity index (χ1n) is 8.76. The third-order valence-corrected chi connectivity index (χ3v) is 4.18. The van der Waals surface area contributed by atoms with Crippen LogP contribution in [0.3, 0.4) is 0 Å². The van der Waals surface area contributed by atoms with E-state index in [0.717, 1.165) is 24.3 Å². The number of carbonyl (C=O) groups is 1. The van der Waals surface area contributed by atoms with Crippen LogP contribution < -0.4 is 30.4 Å². The molecule has 1 amide bonds. The van der Waals surface area contributed by atoms with Crippen molar-refractivity contribution in [2.75, 3.05) is 14.2 Å². The molecule has 0 saturated heterocycles. The predicted octanol–water partition coefficient (Wildman–Crippen LogP) is 3.55. The van der Waals surface area contributed by atoms with E-state index in [1.54, 1.807) is 18.2 Å². The van der Waals surface area contributed by atoms with E-state index in [-0.39, 0.29) is 17.2 Å². The summed E-state index contributed by atoms with van der Waals surface area (Å²) in [5.74, 6) is -0.373. The van der Waals surface area contributed by atoms with Crippen LogP contribution in [0.5, 0.6) is 17.2 Å². The lowest BCUT2D eigenvalue weighted by atomic mass is 10.1. The molecule has 174 valence electrons. The van der Waals surface area contributed by atoms with Crippen molar-refractivity contribution in [1.29, 1.82) is 0 Å². The fourth-order valence-electron chi connectivity index (χ4n) is 2.38. The zero-order chi connectivity index (χ0) is 23.9. The molecule has 0 bridgehead atoms. The van der Waals surface area contributed by atoms with Gasteiger partial charge in [0.05, 0.1) is 19.8 Å². The lowest BCUT2D eigenvalue weighted by Gasteiger charge is -2.20. The molecule has 0 saturated carbocycles. The van der Waals surface area contributed by atoms with Crippen LogP contribution in [0.25, 0.3) is 0 Å². The number of halogens is 5. The van der Waals surface area contributed by atoms with Crippen molar-refractivity contribution in [3.05, 3.63) is 53.6 Å². The molecule has 0 fully saturated rings. The van der Waals surface area contributed by atoms with Gasteiger partial charge >= 0.3 is 12.3 Å². The Morgan fingerprint density at radius 3 is 2.00 bits per heavy atom. The van der Waals surface area contributed by atoms with Gasteiger partial charge in [-0.25, -0.2) is 0 Å². The van der Waals surface area contributed by atoms with E-state index in [1.165, 1.54) is 14.2 Å². The summed E-state index contributed by atoms with van der Waals surface area (Å²) in [6.07, 6.45) is -11.2. The normalized spacial score (nSPS) is 11.3. The monoisotopic (exact) mass is 479 g/mol. The molecule has 7 nitrogen and oxygen atoms in total. The highest BCUT2D eigenvalue weighted by Gasteiger charge is 2.61. The maximum absolute atomic E-state index is 12.9. The molecular formula is C19H18F5N3O4S. The Morgan fingerprint density at radius 2 is 1.50 bits per heavy atom. The zero-order valence-electron chi connectivity index (χ0n) is 16.7. The van der Waals surface area contributed by atoms with Crippen molar-refractivity contribution >= 4 is 23.2 Å². The first-order valence-corrected chi connectivity index (χ1v) is 9.17. The van der Waals surface area contributed by atoms with E-state index in [4.69, 9.17) is 21.7 Å². The van der Waals surface area contributed by atoms with Gasteiger partial charge in [0.15, 0.2) is 5.11 Å². The van der Waals surface area contributed by atoms with Crippen LogP contribution in [-0.4, -0.2) is 37.5 Å². The maximum atomic E-state index is 12.9. The van der Waals surface area contributed by atoms with E-state index < -0.39 is 23.9 Å². The number of hydrazine groups is 1. The van der Waals surface area contributed by atoms with Crippen LogP contribution in [0, 0.1) is 0 Å². The zero-order valence-corrected chi connectivity index (χ0v) is 17.5. The molecule has 0 aliphatic heterocycles. The standard InChI is InChI=1S/C19H18F5N3O4S/c1-29-14-4-3-5-15(30-2)13(14)10-25-17(32)27-26-16(28)11-6-8-12(9-7-11)31-19(23,24)18(20,21)22/h3-9H,10H2,1-2H3,(H,26,28)(H2,25,27,32). The SMILES string of the molecule is COc1cccc(OC)c1CNC(=S)NNC(=O)c1ccc(OC(F)(F)C(F)(F)F)cc1. The number of hydrogen-bond donors (Lipinski definition) is 3. The molecule has 0 aliphatic rings. The van der Waals surface area contributed by atoms with Crippen molar-refractivity contribution in [2.24, 2.45) is 0 Å². The van der Waals surface area contributed by atoms with Gasteiger partial charge in [-0.3, -0.25) is 15.6 Å². The van der Waals surface area contributed by atoms with Crippen LogP contribution in [-0.2, 0) is 6.54 Å². The number of thiocarbonyl (C=S) groups is 1. The van der Waals surface area contributed by atoms with Crippen LogP contribution >= 0.6 is 12.2 Å². The number of ether oxygens (including phenoxy) is 3. The molecule has 13 heteroatoms. The molecule has 2 aromatic rings. The summed E-state index contributed by atoms with van der Waals surface area (Å²) in [5, 5.41) is 2.88. The summed E-state index contributed by atoms with van der Waals surface area (Å²) in [7, 11) is 2.99. The van der Waals surface area contributed by atoms with Gasteiger partial charge in [0, 0.05) is 12.1 Å². The number of amides is 1. The minimum atomic E-state index is -5.87. The van der Waals surface area contributed by atoms with E-state index >= 15 is 0 Å². The molecule has 0 spiro atoms. The lowest BCUT2D eigenvalue weighted by molar-refractivity contribution is -0.360. The Kier molecular flexibility index (Phi) is 8.02. The third-order valence-electron chi connectivity index (χ3n) is 3.94.